The van der Waals surface area contributed by atoms with E-state index in [1.54, 1.807) is 18.4 Å². The number of hydrogen-bond acceptors (Lipinski definition) is 3. The van der Waals surface area contributed by atoms with Crippen LogP contribution in [0, 0.1) is 0 Å². The van der Waals surface area contributed by atoms with Gasteiger partial charge in [-0.2, -0.15) is 0 Å². The van der Waals surface area contributed by atoms with Crippen LogP contribution in [-0.4, -0.2) is 13.0 Å². The highest BCUT2D eigenvalue weighted by Gasteiger charge is 2.04. The Morgan fingerprint density at radius 1 is 1.13 bits per heavy atom. The first-order valence-electron chi connectivity index (χ1n) is 7.60. The lowest BCUT2D eigenvalue weighted by Crippen LogP contribution is -2.22. The molecule has 3 rings (SSSR count). The second-order valence-corrected chi connectivity index (χ2v) is 6.44. The van der Waals surface area contributed by atoms with Crippen LogP contribution in [0.15, 0.2) is 53.9 Å². The summed E-state index contributed by atoms with van der Waals surface area (Å²) in [5, 5.41) is 7.31. The van der Waals surface area contributed by atoms with Gasteiger partial charge in [-0.1, -0.05) is 24.3 Å². The molecule has 1 N–H and O–H groups in total. The van der Waals surface area contributed by atoms with Gasteiger partial charge in [0.1, 0.15) is 5.75 Å². The van der Waals surface area contributed by atoms with Gasteiger partial charge in [-0.25, -0.2) is 0 Å². The van der Waals surface area contributed by atoms with E-state index in [-0.39, 0.29) is 5.91 Å². The van der Waals surface area contributed by atoms with Crippen LogP contribution in [0.4, 0.5) is 0 Å². The molecule has 23 heavy (non-hydrogen) atoms. The molecule has 1 heterocycles. The summed E-state index contributed by atoms with van der Waals surface area (Å²) in [6.45, 7) is 0.561. The van der Waals surface area contributed by atoms with Crippen molar-refractivity contribution < 1.29 is 9.53 Å². The molecule has 0 aliphatic carbocycles. The van der Waals surface area contributed by atoms with Crippen LogP contribution in [0.1, 0.15) is 16.9 Å². The first kappa shape index (κ1) is 15.6. The molecule has 0 spiro atoms. The van der Waals surface area contributed by atoms with Crippen molar-refractivity contribution in [2.45, 2.75) is 19.4 Å². The fraction of sp³-hybridized carbons (Fsp3) is 0.211. The summed E-state index contributed by atoms with van der Waals surface area (Å²) in [6.07, 6.45) is 1.34. The fourth-order valence-corrected chi connectivity index (χ4v) is 3.20. The minimum absolute atomic E-state index is 0.0910. The number of amides is 1. The number of aryl methyl sites for hydroxylation is 1. The molecule has 3 nitrogen and oxygen atoms in total. The molecular formula is C19H19NO2S. The number of benzene rings is 2. The molecule has 0 radical (unpaired) electrons. The number of carbonyl (C=O) groups is 1. The van der Waals surface area contributed by atoms with Crippen LogP contribution < -0.4 is 10.1 Å². The third-order valence-electron chi connectivity index (χ3n) is 3.78. The van der Waals surface area contributed by atoms with Crippen LogP contribution in [0.5, 0.6) is 5.75 Å². The lowest BCUT2D eigenvalue weighted by molar-refractivity contribution is -0.121. The summed E-state index contributed by atoms with van der Waals surface area (Å²) in [5.41, 5.74) is 1.10. The monoisotopic (exact) mass is 325 g/mol. The molecular weight excluding hydrogens is 306 g/mol. The van der Waals surface area contributed by atoms with E-state index >= 15 is 0 Å². The van der Waals surface area contributed by atoms with Gasteiger partial charge in [-0.05, 0) is 52.4 Å². The Morgan fingerprint density at radius 3 is 2.74 bits per heavy atom. The van der Waals surface area contributed by atoms with Crippen molar-refractivity contribution in [2.24, 2.45) is 0 Å². The van der Waals surface area contributed by atoms with E-state index in [2.05, 4.69) is 23.5 Å². The van der Waals surface area contributed by atoms with E-state index < -0.39 is 0 Å². The van der Waals surface area contributed by atoms with Crippen molar-refractivity contribution in [3.05, 3.63) is 64.4 Å². The Bertz CT molecular complexity index is 796. The van der Waals surface area contributed by atoms with Gasteiger partial charge in [0, 0.05) is 17.8 Å². The molecule has 1 amide bonds. The molecule has 2 aromatic carbocycles. The zero-order valence-corrected chi connectivity index (χ0v) is 13.9. The van der Waals surface area contributed by atoms with Crippen LogP contribution in [0.25, 0.3) is 10.8 Å². The van der Waals surface area contributed by atoms with E-state index in [0.29, 0.717) is 13.0 Å². The van der Waals surface area contributed by atoms with Crippen LogP contribution in [-0.2, 0) is 17.8 Å². The summed E-state index contributed by atoms with van der Waals surface area (Å²) >= 11 is 1.69. The molecule has 3 aromatic rings. The van der Waals surface area contributed by atoms with Crippen LogP contribution in [0.2, 0.25) is 0 Å². The van der Waals surface area contributed by atoms with Gasteiger partial charge in [-0.3, -0.25) is 4.79 Å². The van der Waals surface area contributed by atoms with E-state index in [0.717, 1.165) is 28.5 Å². The third-order valence-corrected chi connectivity index (χ3v) is 4.72. The van der Waals surface area contributed by atoms with E-state index in [9.17, 15) is 4.79 Å². The van der Waals surface area contributed by atoms with Crippen molar-refractivity contribution in [3.8, 4) is 5.75 Å². The van der Waals surface area contributed by atoms with E-state index in [4.69, 9.17) is 4.74 Å². The topological polar surface area (TPSA) is 38.3 Å². The standard InChI is InChI=1S/C19H19NO2S/c1-22-17-7-6-15-11-14(4-5-16(15)12-17)13-20-19(21)9-8-18-3-2-10-23-18/h2-7,10-12H,8-9,13H2,1H3,(H,20,21). The number of carbonyl (C=O) groups excluding carboxylic acids is 1. The Labute approximate surface area is 139 Å². The van der Waals surface area contributed by atoms with Crippen molar-refractivity contribution in [1.82, 2.24) is 5.32 Å². The van der Waals surface area contributed by atoms with Gasteiger partial charge in [0.2, 0.25) is 5.91 Å². The van der Waals surface area contributed by atoms with Crippen molar-refractivity contribution in [3.63, 3.8) is 0 Å². The minimum Gasteiger partial charge on any atom is -0.497 e. The molecule has 0 aliphatic rings. The first-order chi connectivity index (χ1) is 11.2. The van der Waals surface area contributed by atoms with Crippen molar-refractivity contribution >= 4 is 28.0 Å². The van der Waals surface area contributed by atoms with Crippen LogP contribution >= 0.6 is 11.3 Å². The average molecular weight is 325 g/mol. The van der Waals surface area contributed by atoms with Gasteiger partial charge in [-0.15, -0.1) is 11.3 Å². The Balaban J connectivity index is 1.57. The molecule has 1 aromatic heterocycles. The predicted molar refractivity (Wildman–Crippen MR) is 95.0 cm³/mol. The highest BCUT2D eigenvalue weighted by molar-refractivity contribution is 7.09. The number of ether oxygens (including phenoxy) is 1. The van der Waals surface area contributed by atoms with Crippen LogP contribution in [0.3, 0.4) is 0 Å². The zero-order valence-electron chi connectivity index (χ0n) is 13.0. The quantitative estimate of drug-likeness (QED) is 0.739. The second kappa shape index (κ2) is 7.29. The molecule has 118 valence electrons. The van der Waals surface area contributed by atoms with Gasteiger partial charge >= 0.3 is 0 Å². The smallest absolute Gasteiger partial charge is 0.220 e. The SMILES string of the molecule is COc1ccc2cc(CNC(=O)CCc3cccs3)ccc2c1. The molecule has 0 saturated heterocycles. The van der Waals surface area contributed by atoms with E-state index in [1.807, 2.05) is 35.7 Å². The average Bonchev–Trinajstić information content (AvgIpc) is 3.11. The maximum absolute atomic E-state index is 11.9. The van der Waals surface area contributed by atoms with E-state index in [1.165, 1.54) is 4.88 Å². The van der Waals surface area contributed by atoms with Crippen molar-refractivity contribution in [2.75, 3.05) is 7.11 Å². The van der Waals surface area contributed by atoms with Gasteiger partial charge in [0.25, 0.3) is 0 Å². The third kappa shape index (κ3) is 4.11. The maximum atomic E-state index is 11.9. The summed E-state index contributed by atoms with van der Waals surface area (Å²) < 4.78 is 5.23. The molecule has 0 fully saturated rings. The highest BCUT2D eigenvalue weighted by atomic mass is 32.1. The highest BCUT2D eigenvalue weighted by Crippen LogP contribution is 2.21. The summed E-state index contributed by atoms with van der Waals surface area (Å²) in [4.78, 5) is 13.2. The molecule has 4 heteroatoms. The number of hydrogen-bond donors (Lipinski definition) is 1. The maximum Gasteiger partial charge on any atom is 0.220 e. The summed E-state index contributed by atoms with van der Waals surface area (Å²) in [6, 6.07) is 16.3. The van der Waals surface area contributed by atoms with Crippen molar-refractivity contribution in [1.29, 1.82) is 0 Å². The first-order valence-corrected chi connectivity index (χ1v) is 8.48. The van der Waals surface area contributed by atoms with Gasteiger partial charge in [0.15, 0.2) is 0 Å². The molecule has 0 saturated carbocycles. The molecule has 0 bridgehead atoms. The summed E-state index contributed by atoms with van der Waals surface area (Å²) in [5.74, 6) is 0.945. The Morgan fingerprint density at radius 2 is 1.96 bits per heavy atom. The molecule has 0 atom stereocenters. The Kier molecular flexibility index (Phi) is 4.93. The number of thiophene rings is 1. The van der Waals surface area contributed by atoms with Gasteiger partial charge in [0.05, 0.1) is 7.11 Å². The molecule has 0 aliphatic heterocycles. The van der Waals surface area contributed by atoms with Gasteiger partial charge < -0.3 is 10.1 Å². The number of methoxy groups -OCH3 is 1. The lowest BCUT2D eigenvalue weighted by atomic mass is 10.1. The Hall–Kier alpha value is -2.33. The summed E-state index contributed by atoms with van der Waals surface area (Å²) in [7, 11) is 1.67. The predicted octanol–water partition coefficient (Wildman–Crippen LogP) is 4.16. The zero-order chi connectivity index (χ0) is 16.1. The number of fused-ring (bicyclic) bond motifs is 1. The normalized spacial score (nSPS) is 10.7. The molecule has 0 unspecified atom stereocenters. The number of nitrogens with one attached hydrogen (secondary N) is 1. The number of rotatable bonds is 6. The largest absolute Gasteiger partial charge is 0.497 e. The fourth-order valence-electron chi connectivity index (χ4n) is 2.49. The second-order valence-electron chi connectivity index (χ2n) is 5.40. The minimum atomic E-state index is 0.0910. The lowest BCUT2D eigenvalue weighted by Gasteiger charge is -2.07.